The second kappa shape index (κ2) is 48.9. The topological polar surface area (TPSA) is 155 Å². The number of carbonyl (C=O) groups is 3. The van der Waals surface area contributed by atoms with E-state index < -0.39 is 57.8 Å². The summed E-state index contributed by atoms with van der Waals surface area (Å²) >= 11 is 0. The number of aliphatic hydroxyl groups is 1. The van der Waals surface area contributed by atoms with E-state index in [4.69, 9.17) is 23.3 Å². The first kappa shape index (κ1) is 63.4. The van der Waals surface area contributed by atoms with Crippen LogP contribution in [0.5, 0.6) is 0 Å². The third kappa shape index (κ3) is 46.5. The van der Waals surface area contributed by atoms with E-state index in [9.17, 15) is 28.9 Å². The number of phosphoric acid groups is 1. The summed E-state index contributed by atoms with van der Waals surface area (Å²) < 4.78 is 39.2. The number of rotatable bonds is 49. The van der Waals surface area contributed by atoms with Crippen LogP contribution in [0, 0.1) is 0 Å². The molecule has 0 aromatic heterocycles. The standard InChI is InChI=1S/C54H97O11P/c1-4-7-10-13-16-19-21-23-24-25-26-28-30-33-36-39-42-45-54(58)65-51(47-61-52(56)43-40-37-34-32-29-27-22-20-17-14-11-8-5-2)49-63-66(59,60)62-48-50(46-55)64-53(57)44-41-38-35-31-18-15-12-9-6-3/h8,11,17,20,27,29,34,37,50-51,55H,4-7,9-10,12-16,18-19,21-26,28,30-33,35-36,38-49H2,1-3H3,(H,59,60)/b11-8-,20-17-,29-27-,37-34-. The van der Waals surface area contributed by atoms with Crippen molar-refractivity contribution in [1.29, 1.82) is 0 Å². The molecule has 3 atom stereocenters. The van der Waals surface area contributed by atoms with E-state index in [1.807, 2.05) is 12.2 Å². The van der Waals surface area contributed by atoms with Gasteiger partial charge in [0.25, 0.3) is 0 Å². The van der Waals surface area contributed by atoms with Gasteiger partial charge in [-0.25, -0.2) is 4.57 Å². The second-order valence-corrected chi connectivity index (χ2v) is 19.1. The fourth-order valence-corrected chi connectivity index (χ4v) is 8.04. The number of phosphoric ester groups is 1. The van der Waals surface area contributed by atoms with Crippen molar-refractivity contribution in [3.8, 4) is 0 Å². The first-order valence-corrected chi connectivity index (χ1v) is 28.0. The highest BCUT2D eigenvalue weighted by Crippen LogP contribution is 2.43. The Morgan fingerprint density at radius 1 is 0.439 bits per heavy atom. The van der Waals surface area contributed by atoms with Crippen molar-refractivity contribution in [3.63, 3.8) is 0 Å². The summed E-state index contributed by atoms with van der Waals surface area (Å²) in [5.74, 6) is -1.55. The molecule has 0 aromatic carbocycles. The molecule has 0 radical (unpaired) electrons. The Morgan fingerprint density at radius 2 is 0.788 bits per heavy atom. The minimum atomic E-state index is -4.75. The lowest BCUT2D eigenvalue weighted by Gasteiger charge is -2.21. The quantitative estimate of drug-likeness (QED) is 0.0197. The molecule has 0 rings (SSSR count). The molecule has 0 saturated carbocycles. The third-order valence-corrected chi connectivity index (χ3v) is 12.2. The molecule has 2 N–H and O–H groups in total. The van der Waals surface area contributed by atoms with Crippen LogP contribution in [0.1, 0.15) is 239 Å². The van der Waals surface area contributed by atoms with Crippen LogP contribution in [-0.2, 0) is 42.2 Å². The third-order valence-electron chi connectivity index (χ3n) is 11.3. The van der Waals surface area contributed by atoms with Crippen molar-refractivity contribution in [2.45, 2.75) is 251 Å². The maximum atomic E-state index is 12.8. The van der Waals surface area contributed by atoms with E-state index in [0.717, 1.165) is 64.2 Å². The maximum Gasteiger partial charge on any atom is 0.472 e. The summed E-state index contributed by atoms with van der Waals surface area (Å²) in [7, 11) is -4.75. The summed E-state index contributed by atoms with van der Waals surface area (Å²) in [6, 6.07) is 0. The maximum absolute atomic E-state index is 12.8. The zero-order valence-corrected chi connectivity index (χ0v) is 43.1. The molecule has 0 aliphatic heterocycles. The summed E-state index contributed by atoms with van der Waals surface area (Å²) in [5.41, 5.74) is 0. The van der Waals surface area contributed by atoms with Crippen LogP contribution in [0.4, 0.5) is 0 Å². The van der Waals surface area contributed by atoms with Gasteiger partial charge in [0.1, 0.15) is 12.7 Å². The minimum absolute atomic E-state index is 0.108. The van der Waals surface area contributed by atoms with Crippen LogP contribution >= 0.6 is 7.82 Å². The molecule has 3 unspecified atom stereocenters. The number of hydrogen-bond donors (Lipinski definition) is 2. The Labute approximate surface area is 403 Å². The molecule has 0 spiro atoms. The van der Waals surface area contributed by atoms with Crippen molar-refractivity contribution < 1.29 is 52.2 Å². The summed E-state index contributed by atoms with van der Waals surface area (Å²) in [6.45, 7) is 4.43. The number of esters is 3. The largest absolute Gasteiger partial charge is 0.472 e. The van der Waals surface area contributed by atoms with E-state index in [-0.39, 0.29) is 25.9 Å². The molecular formula is C54H97O11P. The van der Waals surface area contributed by atoms with Crippen molar-refractivity contribution in [2.75, 3.05) is 26.4 Å². The Morgan fingerprint density at radius 3 is 1.18 bits per heavy atom. The molecule has 11 nitrogen and oxygen atoms in total. The Balaban J connectivity index is 4.78. The number of ether oxygens (including phenoxy) is 3. The normalized spacial score (nSPS) is 13.8. The first-order valence-electron chi connectivity index (χ1n) is 26.5. The van der Waals surface area contributed by atoms with Gasteiger partial charge < -0.3 is 24.2 Å². The van der Waals surface area contributed by atoms with Gasteiger partial charge in [0, 0.05) is 19.3 Å². The van der Waals surface area contributed by atoms with Crippen LogP contribution in [-0.4, -0.2) is 66.5 Å². The zero-order chi connectivity index (χ0) is 48.4. The van der Waals surface area contributed by atoms with Crippen LogP contribution in [0.2, 0.25) is 0 Å². The summed E-state index contributed by atoms with van der Waals surface area (Å²) in [6.07, 6.45) is 49.7. The van der Waals surface area contributed by atoms with Crippen molar-refractivity contribution >= 4 is 25.7 Å². The highest BCUT2D eigenvalue weighted by atomic mass is 31.2. The zero-order valence-electron chi connectivity index (χ0n) is 42.2. The highest BCUT2D eigenvalue weighted by molar-refractivity contribution is 7.47. The van der Waals surface area contributed by atoms with E-state index in [1.165, 1.54) is 116 Å². The van der Waals surface area contributed by atoms with Gasteiger partial charge in [0.15, 0.2) is 6.10 Å². The Bertz CT molecular complexity index is 1300. The minimum Gasteiger partial charge on any atom is -0.462 e. The van der Waals surface area contributed by atoms with Crippen molar-refractivity contribution in [1.82, 2.24) is 0 Å². The molecule has 0 heterocycles. The van der Waals surface area contributed by atoms with E-state index in [2.05, 4.69) is 57.2 Å². The molecule has 66 heavy (non-hydrogen) atoms. The lowest BCUT2D eigenvalue weighted by molar-refractivity contribution is -0.161. The van der Waals surface area contributed by atoms with Gasteiger partial charge >= 0.3 is 25.7 Å². The molecular weight excluding hydrogens is 856 g/mol. The molecule has 0 aliphatic rings. The van der Waals surface area contributed by atoms with Crippen LogP contribution in [0.25, 0.3) is 0 Å². The van der Waals surface area contributed by atoms with E-state index >= 15 is 0 Å². The van der Waals surface area contributed by atoms with E-state index in [0.29, 0.717) is 19.3 Å². The summed E-state index contributed by atoms with van der Waals surface area (Å²) in [5, 5.41) is 9.74. The van der Waals surface area contributed by atoms with Gasteiger partial charge in [-0.2, -0.15) is 0 Å². The predicted octanol–water partition coefficient (Wildman–Crippen LogP) is 15.0. The molecule has 0 bridgehead atoms. The average Bonchev–Trinajstić information content (AvgIpc) is 3.30. The van der Waals surface area contributed by atoms with Crippen molar-refractivity contribution in [2.24, 2.45) is 0 Å². The molecule has 0 saturated heterocycles. The Hall–Kier alpha value is -2.56. The Kier molecular flexibility index (Phi) is 47.0. The molecule has 384 valence electrons. The van der Waals surface area contributed by atoms with Crippen LogP contribution in [0.15, 0.2) is 48.6 Å². The van der Waals surface area contributed by atoms with Gasteiger partial charge in [-0.3, -0.25) is 23.4 Å². The number of hydrogen-bond acceptors (Lipinski definition) is 10. The first-order chi connectivity index (χ1) is 32.2. The SMILES string of the molecule is CC/C=C\C/C=C\C/C=C\C/C=C\CCC(=O)OCC(COP(=O)(O)OCC(CO)OC(=O)CCCCCCCCCCC)OC(=O)CCCCCCCCCCCCCCCCCCC. The lowest BCUT2D eigenvalue weighted by Crippen LogP contribution is -2.30. The van der Waals surface area contributed by atoms with Crippen LogP contribution < -0.4 is 0 Å². The molecule has 0 amide bonds. The number of unbranched alkanes of at least 4 members (excludes halogenated alkanes) is 24. The number of allylic oxidation sites excluding steroid dienone is 8. The van der Waals surface area contributed by atoms with E-state index in [1.54, 1.807) is 0 Å². The fraction of sp³-hybridized carbons (Fsp3) is 0.796. The van der Waals surface area contributed by atoms with Crippen LogP contribution in [0.3, 0.4) is 0 Å². The molecule has 12 heteroatoms. The van der Waals surface area contributed by atoms with Gasteiger partial charge in [0.2, 0.25) is 0 Å². The molecule has 0 fully saturated rings. The molecule has 0 aliphatic carbocycles. The smallest absolute Gasteiger partial charge is 0.462 e. The second-order valence-electron chi connectivity index (χ2n) is 17.7. The van der Waals surface area contributed by atoms with Gasteiger partial charge in [-0.05, 0) is 44.9 Å². The number of aliphatic hydroxyl groups excluding tert-OH is 1. The highest BCUT2D eigenvalue weighted by Gasteiger charge is 2.28. The van der Waals surface area contributed by atoms with Gasteiger partial charge in [0.05, 0.1) is 19.8 Å². The predicted molar refractivity (Wildman–Crippen MR) is 270 cm³/mol. The summed E-state index contributed by atoms with van der Waals surface area (Å²) in [4.78, 5) is 48.2. The molecule has 0 aromatic rings. The fourth-order valence-electron chi connectivity index (χ4n) is 7.25. The van der Waals surface area contributed by atoms with Gasteiger partial charge in [-0.1, -0.05) is 223 Å². The van der Waals surface area contributed by atoms with Gasteiger partial charge in [-0.15, -0.1) is 0 Å². The monoisotopic (exact) mass is 953 g/mol. The van der Waals surface area contributed by atoms with Crippen molar-refractivity contribution in [3.05, 3.63) is 48.6 Å². The average molecular weight is 953 g/mol. The lowest BCUT2D eigenvalue weighted by atomic mass is 10.0. The number of carbonyl (C=O) groups excluding carboxylic acids is 3.